The molecule has 0 aromatic rings. The fourth-order valence-corrected chi connectivity index (χ4v) is 2.28. The molecule has 2 unspecified atom stereocenters. The van der Waals surface area contributed by atoms with Crippen LogP contribution in [0.1, 0.15) is 32.6 Å². The highest BCUT2D eigenvalue weighted by molar-refractivity contribution is 5.87. The molecule has 0 aliphatic carbocycles. The lowest BCUT2D eigenvalue weighted by molar-refractivity contribution is -0.137. The van der Waals surface area contributed by atoms with Gasteiger partial charge in [-0.1, -0.05) is 6.92 Å². The van der Waals surface area contributed by atoms with Crippen LogP contribution in [-0.2, 0) is 9.59 Å². The Morgan fingerprint density at radius 2 is 2.10 bits per heavy atom. The first-order valence-corrected chi connectivity index (χ1v) is 6.93. The maximum atomic E-state index is 12.0. The average molecular weight is 285 g/mol. The first-order valence-electron chi connectivity index (χ1n) is 6.93. The summed E-state index contributed by atoms with van der Waals surface area (Å²) in [5, 5.41) is 13.9. The Bertz CT molecular complexity index is 373. The number of carbonyl (C=O) groups is 3. The van der Waals surface area contributed by atoms with E-state index in [1.807, 2.05) is 6.92 Å². The molecule has 1 fully saturated rings. The number of likely N-dealkylation sites (tertiary alicyclic amines) is 1. The third-order valence-corrected chi connectivity index (χ3v) is 3.52. The average Bonchev–Trinajstić information content (AvgIpc) is 2.90. The van der Waals surface area contributed by atoms with Crippen LogP contribution in [-0.4, -0.2) is 54.1 Å². The van der Waals surface area contributed by atoms with Gasteiger partial charge in [-0.25, -0.2) is 4.79 Å². The minimum Gasteiger partial charge on any atom is -0.481 e. The van der Waals surface area contributed by atoms with Crippen molar-refractivity contribution in [3.05, 3.63) is 0 Å². The van der Waals surface area contributed by atoms with Crippen LogP contribution in [0.2, 0.25) is 0 Å². The quantitative estimate of drug-likeness (QED) is 0.658. The summed E-state index contributed by atoms with van der Waals surface area (Å²) in [5.41, 5.74) is 0. The van der Waals surface area contributed by atoms with Gasteiger partial charge in [0.1, 0.15) is 6.04 Å². The number of carboxylic acid groups (broad SMARTS) is 1. The molecule has 1 rings (SSSR count). The maximum absolute atomic E-state index is 12.0. The van der Waals surface area contributed by atoms with Crippen molar-refractivity contribution in [1.29, 1.82) is 0 Å². The third-order valence-electron chi connectivity index (χ3n) is 3.52. The number of likely N-dealkylation sites (N-methyl/N-ethyl adjacent to an activating group) is 1. The summed E-state index contributed by atoms with van der Waals surface area (Å²) in [7, 11) is 1.56. The van der Waals surface area contributed by atoms with E-state index in [1.54, 1.807) is 11.9 Å². The van der Waals surface area contributed by atoms with Crippen molar-refractivity contribution in [1.82, 2.24) is 15.5 Å². The fourth-order valence-electron chi connectivity index (χ4n) is 2.28. The lowest BCUT2D eigenvalue weighted by Gasteiger charge is -2.24. The topological polar surface area (TPSA) is 98.7 Å². The number of aliphatic carboxylic acids is 1. The van der Waals surface area contributed by atoms with Crippen molar-refractivity contribution in [3.8, 4) is 0 Å². The van der Waals surface area contributed by atoms with Crippen molar-refractivity contribution < 1.29 is 19.5 Å². The van der Waals surface area contributed by atoms with Crippen LogP contribution in [0.5, 0.6) is 0 Å². The molecule has 0 aromatic carbocycles. The van der Waals surface area contributed by atoms with Crippen LogP contribution in [0.15, 0.2) is 0 Å². The second-order valence-electron chi connectivity index (χ2n) is 5.19. The van der Waals surface area contributed by atoms with Gasteiger partial charge in [0.25, 0.3) is 0 Å². The van der Waals surface area contributed by atoms with Gasteiger partial charge in [-0.2, -0.15) is 0 Å². The van der Waals surface area contributed by atoms with Gasteiger partial charge in [-0.05, 0) is 25.2 Å². The summed E-state index contributed by atoms with van der Waals surface area (Å²) in [6.07, 6.45) is 2.12. The van der Waals surface area contributed by atoms with Gasteiger partial charge >= 0.3 is 12.0 Å². The number of amides is 3. The highest BCUT2D eigenvalue weighted by Gasteiger charge is 2.33. The third kappa shape index (κ3) is 4.71. The zero-order valence-electron chi connectivity index (χ0n) is 12.0. The normalized spacial score (nSPS) is 19.5. The van der Waals surface area contributed by atoms with Gasteiger partial charge in [-0.3, -0.25) is 9.59 Å². The Morgan fingerprint density at radius 3 is 2.70 bits per heavy atom. The first-order chi connectivity index (χ1) is 9.45. The van der Waals surface area contributed by atoms with Crippen LogP contribution in [0.25, 0.3) is 0 Å². The molecular formula is C13H23N3O4. The second kappa shape index (κ2) is 7.72. The van der Waals surface area contributed by atoms with E-state index in [-0.39, 0.29) is 24.3 Å². The number of nitrogens with one attached hydrogen (secondary N) is 2. The van der Waals surface area contributed by atoms with Crippen molar-refractivity contribution in [3.63, 3.8) is 0 Å². The van der Waals surface area contributed by atoms with Crippen molar-refractivity contribution in [2.75, 3.05) is 20.1 Å². The Kier molecular flexibility index (Phi) is 6.27. The molecule has 3 amide bonds. The maximum Gasteiger partial charge on any atom is 0.318 e. The number of carboxylic acids is 1. The lowest BCUT2D eigenvalue weighted by Crippen LogP contribution is -2.49. The Morgan fingerprint density at radius 1 is 1.40 bits per heavy atom. The van der Waals surface area contributed by atoms with Gasteiger partial charge < -0.3 is 20.6 Å². The van der Waals surface area contributed by atoms with E-state index >= 15 is 0 Å². The monoisotopic (exact) mass is 285 g/mol. The Balaban J connectivity index is 2.38. The molecule has 0 aromatic heterocycles. The molecule has 2 atom stereocenters. The largest absolute Gasteiger partial charge is 0.481 e. The summed E-state index contributed by atoms with van der Waals surface area (Å²) in [4.78, 5) is 35.7. The second-order valence-corrected chi connectivity index (χ2v) is 5.19. The summed E-state index contributed by atoms with van der Waals surface area (Å²) >= 11 is 0. The molecule has 0 bridgehead atoms. The van der Waals surface area contributed by atoms with E-state index < -0.39 is 12.0 Å². The number of nitrogens with zero attached hydrogens (tertiary/aromatic N) is 1. The molecule has 3 N–H and O–H groups in total. The van der Waals surface area contributed by atoms with Gasteiger partial charge in [0.05, 0.1) is 0 Å². The predicted molar refractivity (Wildman–Crippen MR) is 73.2 cm³/mol. The van der Waals surface area contributed by atoms with Crippen molar-refractivity contribution in [2.24, 2.45) is 5.92 Å². The summed E-state index contributed by atoms with van der Waals surface area (Å²) in [6.45, 7) is 2.89. The standard InChI is InChI=1S/C13H23N3O4/c1-9(5-6-11(17)18)8-15-13(20)16-7-3-4-10(16)12(19)14-2/h9-10H,3-8H2,1-2H3,(H,14,19)(H,15,20)(H,17,18). The minimum atomic E-state index is -0.831. The van der Waals surface area contributed by atoms with E-state index in [4.69, 9.17) is 5.11 Å². The highest BCUT2D eigenvalue weighted by atomic mass is 16.4. The molecule has 114 valence electrons. The number of rotatable bonds is 6. The summed E-state index contributed by atoms with van der Waals surface area (Å²) < 4.78 is 0. The molecule has 20 heavy (non-hydrogen) atoms. The molecule has 1 aliphatic heterocycles. The molecule has 1 aliphatic rings. The zero-order valence-corrected chi connectivity index (χ0v) is 12.0. The van der Waals surface area contributed by atoms with Gasteiger partial charge in [0.2, 0.25) is 5.91 Å². The highest BCUT2D eigenvalue weighted by Crippen LogP contribution is 2.17. The van der Waals surface area contributed by atoms with Crippen molar-refractivity contribution >= 4 is 17.9 Å². The van der Waals surface area contributed by atoms with E-state index in [2.05, 4.69) is 10.6 Å². The Labute approximate surface area is 118 Å². The van der Waals surface area contributed by atoms with Gasteiger partial charge in [0, 0.05) is 26.6 Å². The van der Waals surface area contributed by atoms with E-state index in [1.165, 1.54) is 0 Å². The fraction of sp³-hybridized carbons (Fsp3) is 0.769. The lowest BCUT2D eigenvalue weighted by atomic mass is 10.1. The summed E-state index contributed by atoms with van der Waals surface area (Å²) in [6, 6.07) is -0.646. The van der Waals surface area contributed by atoms with Crippen molar-refractivity contribution in [2.45, 2.75) is 38.6 Å². The number of hydrogen-bond donors (Lipinski definition) is 3. The number of carbonyl (C=O) groups excluding carboxylic acids is 2. The van der Waals surface area contributed by atoms with Gasteiger partial charge in [-0.15, -0.1) is 0 Å². The summed E-state index contributed by atoms with van der Waals surface area (Å²) in [5.74, 6) is -0.880. The van der Waals surface area contributed by atoms with Crippen LogP contribution in [0, 0.1) is 5.92 Å². The molecule has 7 nitrogen and oxygen atoms in total. The molecular weight excluding hydrogens is 262 g/mol. The zero-order chi connectivity index (χ0) is 15.1. The minimum absolute atomic E-state index is 0.0936. The van der Waals surface area contributed by atoms with Crippen LogP contribution in [0.3, 0.4) is 0 Å². The SMILES string of the molecule is CNC(=O)C1CCCN1C(=O)NCC(C)CCC(=O)O. The Hall–Kier alpha value is -1.79. The number of hydrogen-bond acceptors (Lipinski definition) is 3. The number of urea groups is 1. The molecule has 0 radical (unpaired) electrons. The van der Waals surface area contributed by atoms with E-state index in [9.17, 15) is 14.4 Å². The molecule has 0 spiro atoms. The van der Waals surface area contributed by atoms with E-state index in [0.717, 1.165) is 6.42 Å². The van der Waals surface area contributed by atoms with Crippen LogP contribution in [0.4, 0.5) is 4.79 Å². The van der Waals surface area contributed by atoms with Gasteiger partial charge in [0.15, 0.2) is 0 Å². The van der Waals surface area contributed by atoms with Crippen LogP contribution >= 0.6 is 0 Å². The first kappa shape index (κ1) is 16.3. The molecule has 7 heteroatoms. The molecule has 1 saturated heterocycles. The predicted octanol–water partition coefficient (Wildman–Crippen LogP) is 0.407. The van der Waals surface area contributed by atoms with Crippen LogP contribution < -0.4 is 10.6 Å². The molecule has 0 saturated carbocycles. The molecule has 1 heterocycles. The smallest absolute Gasteiger partial charge is 0.318 e. The van der Waals surface area contributed by atoms with E-state index in [0.29, 0.717) is 25.9 Å².